The van der Waals surface area contributed by atoms with Gasteiger partial charge in [-0.3, -0.25) is 4.79 Å². The number of carbonyl (C=O) groups is 2. The highest BCUT2D eigenvalue weighted by molar-refractivity contribution is 6.02. The monoisotopic (exact) mass is 245 g/mol. The zero-order valence-electron chi connectivity index (χ0n) is 9.64. The van der Waals surface area contributed by atoms with E-state index in [9.17, 15) is 9.59 Å². The molecule has 0 aliphatic heterocycles. The predicted octanol–water partition coefficient (Wildman–Crippen LogP) is 1.45. The summed E-state index contributed by atoms with van der Waals surface area (Å²) in [5.41, 5.74) is 1.38. The van der Waals surface area contributed by atoms with Crippen molar-refractivity contribution in [1.29, 1.82) is 0 Å². The second kappa shape index (κ2) is 5.13. The Labute approximate surface area is 103 Å². The smallest absolute Gasteiger partial charge is 0.337 e. The average Bonchev–Trinajstić information content (AvgIpc) is 2.92. The van der Waals surface area contributed by atoms with E-state index in [0.29, 0.717) is 16.9 Å². The second-order valence-corrected chi connectivity index (χ2v) is 3.49. The Bertz CT molecular complexity index is 546. The molecule has 0 saturated carbocycles. The summed E-state index contributed by atoms with van der Waals surface area (Å²) >= 11 is 0. The molecule has 2 N–H and O–H groups in total. The number of aromatic nitrogens is 2. The van der Waals surface area contributed by atoms with Crippen LogP contribution < -0.4 is 5.32 Å². The molecule has 92 valence electrons. The molecule has 1 aromatic heterocycles. The number of nitrogens with one attached hydrogen (secondary N) is 2. The maximum Gasteiger partial charge on any atom is 0.337 e. The average molecular weight is 245 g/mol. The Kier molecular flexibility index (Phi) is 3.38. The molecular formula is C12H11N3O3. The van der Waals surface area contributed by atoms with Crippen molar-refractivity contribution < 1.29 is 14.3 Å². The summed E-state index contributed by atoms with van der Waals surface area (Å²) in [5, 5.41) is 2.67. The molecule has 1 heterocycles. The maximum atomic E-state index is 11.7. The van der Waals surface area contributed by atoms with Gasteiger partial charge >= 0.3 is 5.97 Å². The zero-order chi connectivity index (χ0) is 13.0. The lowest BCUT2D eigenvalue weighted by molar-refractivity contribution is 0.0600. The lowest BCUT2D eigenvalue weighted by Gasteiger charge is -2.04. The van der Waals surface area contributed by atoms with E-state index < -0.39 is 5.97 Å². The molecule has 6 nitrogen and oxygen atoms in total. The van der Waals surface area contributed by atoms with Gasteiger partial charge < -0.3 is 15.0 Å². The van der Waals surface area contributed by atoms with Crippen LogP contribution in [0.4, 0.5) is 5.69 Å². The van der Waals surface area contributed by atoms with Crippen molar-refractivity contribution in [2.45, 2.75) is 0 Å². The minimum atomic E-state index is -0.415. The quantitative estimate of drug-likeness (QED) is 0.801. The van der Waals surface area contributed by atoms with Gasteiger partial charge in [0.25, 0.3) is 5.91 Å². The standard InChI is InChI=1S/C12H11N3O3/c1-18-12(17)8-2-4-9(5-3-8)15-11(16)10-6-13-7-14-10/h2-7H,1H3,(H,13,14)(H,15,16). The third kappa shape index (κ3) is 2.54. The van der Waals surface area contributed by atoms with Crippen molar-refractivity contribution in [2.24, 2.45) is 0 Å². The third-order valence-electron chi connectivity index (χ3n) is 2.31. The number of ether oxygens (including phenoxy) is 1. The molecule has 0 radical (unpaired) electrons. The van der Waals surface area contributed by atoms with E-state index in [4.69, 9.17) is 0 Å². The number of aromatic amines is 1. The highest BCUT2D eigenvalue weighted by atomic mass is 16.5. The van der Waals surface area contributed by atoms with E-state index in [-0.39, 0.29) is 5.91 Å². The molecule has 0 fully saturated rings. The van der Waals surface area contributed by atoms with Crippen molar-refractivity contribution in [3.8, 4) is 0 Å². The molecule has 1 amide bonds. The number of methoxy groups -OCH3 is 1. The predicted molar refractivity (Wildman–Crippen MR) is 64.3 cm³/mol. The van der Waals surface area contributed by atoms with E-state index in [1.807, 2.05) is 0 Å². The number of amides is 1. The summed E-state index contributed by atoms with van der Waals surface area (Å²) in [5.74, 6) is -0.709. The van der Waals surface area contributed by atoms with Gasteiger partial charge in [0.2, 0.25) is 0 Å². The second-order valence-electron chi connectivity index (χ2n) is 3.49. The number of hydrogen-bond acceptors (Lipinski definition) is 4. The normalized spacial score (nSPS) is 9.83. The van der Waals surface area contributed by atoms with Crippen LogP contribution in [0, 0.1) is 0 Å². The number of hydrogen-bond donors (Lipinski definition) is 2. The van der Waals surface area contributed by atoms with Crippen LogP contribution in [0.2, 0.25) is 0 Å². The zero-order valence-corrected chi connectivity index (χ0v) is 9.64. The first-order valence-electron chi connectivity index (χ1n) is 5.19. The van der Waals surface area contributed by atoms with E-state index in [2.05, 4.69) is 20.0 Å². The number of imidazole rings is 1. The van der Waals surface area contributed by atoms with Crippen molar-refractivity contribution in [3.05, 3.63) is 48.0 Å². The largest absolute Gasteiger partial charge is 0.465 e. The van der Waals surface area contributed by atoms with Gasteiger partial charge in [0.1, 0.15) is 5.69 Å². The first-order chi connectivity index (χ1) is 8.70. The van der Waals surface area contributed by atoms with Gasteiger partial charge in [-0.05, 0) is 24.3 Å². The van der Waals surface area contributed by atoms with Crippen molar-refractivity contribution in [1.82, 2.24) is 9.97 Å². The molecule has 0 saturated heterocycles. The van der Waals surface area contributed by atoms with Crippen LogP contribution in [0.25, 0.3) is 0 Å². The Balaban J connectivity index is 2.07. The summed E-state index contributed by atoms with van der Waals surface area (Å²) in [6, 6.07) is 6.41. The lowest BCUT2D eigenvalue weighted by atomic mass is 10.2. The molecule has 0 atom stereocenters. The number of benzene rings is 1. The van der Waals surface area contributed by atoms with Crippen LogP contribution in [-0.4, -0.2) is 29.0 Å². The van der Waals surface area contributed by atoms with E-state index >= 15 is 0 Å². The lowest BCUT2D eigenvalue weighted by Crippen LogP contribution is -2.12. The Morgan fingerprint density at radius 1 is 1.28 bits per heavy atom. The third-order valence-corrected chi connectivity index (χ3v) is 2.31. The van der Waals surface area contributed by atoms with Crippen LogP contribution in [0.3, 0.4) is 0 Å². The minimum Gasteiger partial charge on any atom is -0.465 e. The number of nitrogens with zero attached hydrogens (tertiary/aromatic N) is 1. The topological polar surface area (TPSA) is 84.1 Å². The molecule has 2 rings (SSSR count). The molecule has 0 spiro atoms. The van der Waals surface area contributed by atoms with Gasteiger partial charge in [-0.25, -0.2) is 9.78 Å². The first-order valence-corrected chi connectivity index (χ1v) is 5.19. The van der Waals surface area contributed by atoms with E-state index in [0.717, 1.165) is 0 Å². The SMILES string of the molecule is COC(=O)c1ccc(NC(=O)c2cnc[nH]2)cc1. The minimum absolute atomic E-state index is 0.293. The molecule has 6 heteroatoms. The summed E-state index contributed by atoms with van der Waals surface area (Å²) < 4.78 is 4.58. The first kappa shape index (κ1) is 11.8. The highest BCUT2D eigenvalue weighted by Gasteiger charge is 2.08. The van der Waals surface area contributed by atoms with E-state index in [1.165, 1.54) is 19.6 Å². The molecule has 1 aromatic carbocycles. The van der Waals surface area contributed by atoms with Gasteiger partial charge in [-0.15, -0.1) is 0 Å². The molecule has 2 aromatic rings. The molecule has 0 aliphatic carbocycles. The summed E-state index contributed by atoms with van der Waals surface area (Å²) in [7, 11) is 1.32. The maximum absolute atomic E-state index is 11.7. The van der Waals surface area contributed by atoms with Crippen molar-refractivity contribution in [3.63, 3.8) is 0 Å². The van der Waals surface area contributed by atoms with Gasteiger partial charge in [-0.1, -0.05) is 0 Å². The fraction of sp³-hybridized carbons (Fsp3) is 0.0833. The number of carbonyl (C=O) groups excluding carboxylic acids is 2. The van der Waals surface area contributed by atoms with Crippen LogP contribution in [0.15, 0.2) is 36.8 Å². The van der Waals surface area contributed by atoms with Crippen LogP contribution in [0.1, 0.15) is 20.8 Å². The van der Waals surface area contributed by atoms with Crippen LogP contribution in [-0.2, 0) is 4.74 Å². The highest BCUT2D eigenvalue weighted by Crippen LogP contribution is 2.11. The summed E-state index contributed by atoms with van der Waals surface area (Å²) in [4.78, 5) is 29.3. The summed E-state index contributed by atoms with van der Waals surface area (Å²) in [6.45, 7) is 0. The van der Waals surface area contributed by atoms with Crippen LogP contribution >= 0.6 is 0 Å². The molecule has 18 heavy (non-hydrogen) atoms. The van der Waals surface area contributed by atoms with Crippen LogP contribution in [0.5, 0.6) is 0 Å². The fourth-order valence-corrected chi connectivity index (χ4v) is 1.39. The Hall–Kier alpha value is -2.63. The van der Waals surface area contributed by atoms with Gasteiger partial charge in [0, 0.05) is 5.69 Å². The number of rotatable bonds is 3. The molecule has 0 unspecified atom stereocenters. The van der Waals surface area contributed by atoms with Crippen molar-refractivity contribution in [2.75, 3.05) is 12.4 Å². The molecule has 0 aliphatic rings. The summed E-state index contributed by atoms with van der Waals surface area (Å²) in [6.07, 6.45) is 2.85. The number of esters is 1. The Morgan fingerprint density at radius 2 is 2.00 bits per heavy atom. The Morgan fingerprint density at radius 3 is 2.56 bits per heavy atom. The van der Waals surface area contributed by atoms with Gasteiger partial charge in [-0.2, -0.15) is 0 Å². The van der Waals surface area contributed by atoms with Gasteiger partial charge in [0.05, 0.1) is 25.2 Å². The molecular weight excluding hydrogens is 234 g/mol. The number of H-pyrrole nitrogens is 1. The van der Waals surface area contributed by atoms with Crippen molar-refractivity contribution >= 4 is 17.6 Å². The number of anilines is 1. The fourth-order valence-electron chi connectivity index (χ4n) is 1.39. The molecule has 0 bridgehead atoms. The van der Waals surface area contributed by atoms with E-state index in [1.54, 1.807) is 24.3 Å². The van der Waals surface area contributed by atoms with Gasteiger partial charge in [0.15, 0.2) is 0 Å².